The van der Waals surface area contributed by atoms with Crippen LogP contribution in [0.25, 0.3) is 10.8 Å². The van der Waals surface area contributed by atoms with Crippen molar-refractivity contribution in [3.05, 3.63) is 42.5 Å². The zero-order valence-electron chi connectivity index (χ0n) is 15.4. The van der Waals surface area contributed by atoms with Crippen LogP contribution >= 0.6 is 0 Å². The molecule has 0 atom stereocenters. The molecule has 1 aliphatic heterocycles. The molecule has 6 nitrogen and oxygen atoms in total. The van der Waals surface area contributed by atoms with Crippen molar-refractivity contribution in [2.45, 2.75) is 18.9 Å². The van der Waals surface area contributed by atoms with Gasteiger partial charge in [0, 0.05) is 6.04 Å². The Morgan fingerprint density at radius 1 is 1.07 bits per heavy atom. The van der Waals surface area contributed by atoms with Gasteiger partial charge in [-0.1, -0.05) is 30.3 Å². The quantitative estimate of drug-likeness (QED) is 0.767. The number of benzene rings is 2. The zero-order chi connectivity index (χ0) is 18.6. The molecule has 2 fully saturated rings. The van der Waals surface area contributed by atoms with Crippen LogP contribution in [0.2, 0.25) is 0 Å². The lowest BCUT2D eigenvalue weighted by Gasteiger charge is -2.31. The third-order valence-corrected chi connectivity index (χ3v) is 5.26. The molecule has 1 heterocycles. The number of nitrogens with zero attached hydrogens (tertiary/aromatic N) is 1. The molecule has 0 aromatic heterocycles. The van der Waals surface area contributed by atoms with Crippen LogP contribution in [-0.2, 0) is 9.59 Å². The third-order valence-electron chi connectivity index (χ3n) is 5.26. The first-order valence-electron chi connectivity index (χ1n) is 9.70. The molecule has 2 aromatic rings. The molecule has 1 aliphatic carbocycles. The number of amides is 2. The van der Waals surface area contributed by atoms with Crippen LogP contribution in [0.1, 0.15) is 12.8 Å². The summed E-state index contributed by atoms with van der Waals surface area (Å²) >= 11 is 0. The van der Waals surface area contributed by atoms with Gasteiger partial charge < -0.3 is 19.9 Å². The van der Waals surface area contributed by atoms with Crippen molar-refractivity contribution in [1.82, 2.24) is 10.2 Å². The van der Waals surface area contributed by atoms with Crippen molar-refractivity contribution in [2.24, 2.45) is 0 Å². The molecule has 2 aromatic carbocycles. The average Bonchev–Trinajstić information content (AvgIpc) is 3.50. The summed E-state index contributed by atoms with van der Waals surface area (Å²) in [4.78, 5) is 27.4. The lowest BCUT2D eigenvalue weighted by molar-refractivity contribution is -0.896. The van der Waals surface area contributed by atoms with E-state index >= 15 is 0 Å². The maximum absolute atomic E-state index is 12.4. The number of fused-ring (bicyclic) bond motifs is 1. The number of ether oxygens (including phenoxy) is 1. The number of piperazine rings is 1. The monoisotopic (exact) mass is 368 g/mol. The minimum Gasteiger partial charge on any atom is -0.484 e. The van der Waals surface area contributed by atoms with E-state index in [0.717, 1.165) is 36.7 Å². The van der Waals surface area contributed by atoms with Gasteiger partial charge in [0.05, 0.1) is 26.2 Å². The van der Waals surface area contributed by atoms with Crippen LogP contribution in [0, 0.1) is 0 Å². The second-order valence-corrected chi connectivity index (χ2v) is 7.45. The largest absolute Gasteiger partial charge is 0.484 e. The molecule has 0 radical (unpaired) electrons. The van der Waals surface area contributed by atoms with Crippen molar-refractivity contribution in [3.8, 4) is 5.75 Å². The molecule has 2 amide bonds. The lowest BCUT2D eigenvalue weighted by Crippen LogP contribution is -3.15. The van der Waals surface area contributed by atoms with E-state index in [2.05, 4.69) is 11.4 Å². The van der Waals surface area contributed by atoms with Crippen molar-refractivity contribution in [3.63, 3.8) is 0 Å². The van der Waals surface area contributed by atoms with E-state index in [1.165, 1.54) is 4.90 Å². The third kappa shape index (κ3) is 4.77. The van der Waals surface area contributed by atoms with Crippen LogP contribution in [0.3, 0.4) is 0 Å². The highest BCUT2D eigenvalue weighted by Gasteiger charge is 2.28. The number of quaternary nitrogens is 1. The van der Waals surface area contributed by atoms with Gasteiger partial charge in [-0.3, -0.25) is 9.59 Å². The summed E-state index contributed by atoms with van der Waals surface area (Å²) in [6.45, 7) is 3.51. The molecule has 1 saturated heterocycles. The standard InChI is InChI=1S/C21H25N3O3/c25-20(22-18-6-7-18)14-23-9-11-24(12-10-23)21(26)15-27-19-8-5-16-3-1-2-4-17(16)13-19/h1-5,8,13,18H,6-7,9-12,14-15H2,(H,22,25)/p+1. The molecule has 142 valence electrons. The van der Waals surface area contributed by atoms with Gasteiger partial charge in [-0.15, -0.1) is 0 Å². The van der Waals surface area contributed by atoms with Crippen LogP contribution in [0.5, 0.6) is 5.75 Å². The molecule has 1 saturated carbocycles. The van der Waals surface area contributed by atoms with Crippen molar-refractivity contribution in [1.29, 1.82) is 0 Å². The van der Waals surface area contributed by atoms with Gasteiger partial charge in [-0.25, -0.2) is 0 Å². The van der Waals surface area contributed by atoms with Gasteiger partial charge in [0.15, 0.2) is 13.2 Å². The number of hydrogen-bond acceptors (Lipinski definition) is 3. The Morgan fingerprint density at radius 2 is 1.81 bits per heavy atom. The van der Waals surface area contributed by atoms with E-state index in [1.807, 2.05) is 41.3 Å². The Labute approximate surface area is 159 Å². The highest BCUT2D eigenvalue weighted by atomic mass is 16.5. The Balaban J connectivity index is 1.22. The summed E-state index contributed by atoms with van der Waals surface area (Å²) in [6.07, 6.45) is 2.22. The van der Waals surface area contributed by atoms with Gasteiger partial charge in [-0.2, -0.15) is 0 Å². The van der Waals surface area contributed by atoms with Crippen molar-refractivity contribution in [2.75, 3.05) is 39.3 Å². The maximum Gasteiger partial charge on any atom is 0.275 e. The van der Waals surface area contributed by atoms with Crippen molar-refractivity contribution >= 4 is 22.6 Å². The smallest absolute Gasteiger partial charge is 0.275 e. The topological polar surface area (TPSA) is 63.1 Å². The molecule has 4 rings (SSSR count). The first-order chi connectivity index (χ1) is 13.2. The average molecular weight is 368 g/mol. The van der Waals surface area contributed by atoms with Gasteiger partial charge in [0.1, 0.15) is 5.75 Å². The molecule has 0 spiro atoms. The first kappa shape index (κ1) is 17.8. The molecule has 2 N–H and O–H groups in total. The van der Waals surface area contributed by atoms with E-state index in [0.29, 0.717) is 31.4 Å². The summed E-state index contributed by atoms with van der Waals surface area (Å²) in [5.41, 5.74) is 0. The molecule has 2 aliphatic rings. The van der Waals surface area contributed by atoms with Crippen LogP contribution in [0.15, 0.2) is 42.5 Å². The molecule has 0 bridgehead atoms. The molecule has 6 heteroatoms. The van der Waals surface area contributed by atoms with E-state index in [-0.39, 0.29) is 18.4 Å². The van der Waals surface area contributed by atoms with Crippen molar-refractivity contribution < 1.29 is 19.2 Å². The summed E-state index contributed by atoms with van der Waals surface area (Å²) < 4.78 is 5.71. The number of nitrogens with one attached hydrogen (secondary N) is 2. The SMILES string of the molecule is O=C(C[NH+]1CCN(C(=O)COc2ccc3ccccc3c2)CC1)NC1CC1. The predicted octanol–water partition coefficient (Wildman–Crippen LogP) is 0.224. The maximum atomic E-state index is 12.4. The Bertz CT molecular complexity index is 826. The van der Waals surface area contributed by atoms with Crippen LogP contribution in [-0.4, -0.2) is 62.1 Å². The molecule has 27 heavy (non-hydrogen) atoms. The number of rotatable bonds is 6. The molecular formula is C21H26N3O3+. The van der Waals surface area contributed by atoms with E-state index in [1.54, 1.807) is 0 Å². The van der Waals surface area contributed by atoms with Crippen LogP contribution < -0.4 is 15.0 Å². The molecular weight excluding hydrogens is 342 g/mol. The van der Waals surface area contributed by atoms with E-state index in [4.69, 9.17) is 4.74 Å². The first-order valence-corrected chi connectivity index (χ1v) is 9.70. The minimum atomic E-state index is 0.00430. The fourth-order valence-electron chi connectivity index (χ4n) is 3.48. The second kappa shape index (κ2) is 7.96. The summed E-state index contributed by atoms with van der Waals surface area (Å²) in [5, 5.41) is 5.28. The molecule has 0 unspecified atom stereocenters. The van der Waals surface area contributed by atoms with Gasteiger partial charge in [0.2, 0.25) is 0 Å². The fourth-order valence-corrected chi connectivity index (χ4v) is 3.48. The predicted molar refractivity (Wildman–Crippen MR) is 103 cm³/mol. The minimum absolute atomic E-state index is 0.00430. The Kier molecular flexibility index (Phi) is 5.25. The van der Waals surface area contributed by atoms with E-state index < -0.39 is 0 Å². The zero-order valence-corrected chi connectivity index (χ0v) is 15.4. The van der Waals surface area contributed by atoms with Crippen LogP contribution in [0.4, 0.5) is 0 Å². The number of carbonyl (C=O) groups is 2. The summed E-state index contributed by atoms with van der Waals surface area (Å²) in [7, 11) is 0. The summed E-state index contributed by atoms with van der Waals surface area (Å²) in [5.74, 6) is 0.847. The van der Waals surface area contributed by atoms with Gasteiger partial charge >= 0.3 is 0 Å². The number of hydrogen-bond donors (Lipinski definition) is 2. The van der Waals surface area contributed by atoms with Gasteiger partial charge in [0.25, 0.3) is 11.8 Å². The lowest BCUT2D eigenvalue weighted by atomic mass is 10.1. The highest BCUT2D eigenvalue weighted by molar-refractivity contribution is 5.84. The number of carbonyl (C=O) groups excluding carboxylic acids is 2. The van der Waals surface area contributed by atoms with Gasteiger partial charge in [-0.05, 0) is 35.7 Å². The normalized spacial score (nSPS) is 17.7. The highest BCUT2D eigenvalue weighted by Crippen LogP contribution is 2.20. The summed E-state index contributed by atoms with van der Waals surface area (Å²) in [6, 6.07) is 14.4. The fraction of sp³-hybridized carbons (Fsp3) is 0.429. The Hall–Kier alpha value is -2.60. The Morgan fingerprint density at radius 3 is 2.56 bits per heavy atom. The van der Waals surface area contributed by atoms with E-state index in [9.17, 15) is 9.59 Å². The second-order valence-electron chi connectivity index (χ2n) is 7.45.